The number of aromatic nitrogens is 2. The van der Waals surface area contributed by atoms with Gasteiger partial charge in [-0.2, -0.15) is 0 Å². The Hall–Kier alpha value is -2.67. The summed E-state index contributed by atoms with van der Waals surface area (Å²) < 4.78 is 33.0. The third kappa shape index (κ3) is 2.95. The highest BCUT2D eigenvalue weighted by Gasteiger charge is 2.20. The minimum Gasteiger partial charge on any atom is -0.478 e. The van der Waals surface area contributed by atoms with Crippen LogP contribution in [0, 0.1) is 6.92 Å². The number of nitrogens with zero attached hydrogens (tertiary/aromatic N) is 2. The van der Waals surface area contributed by atoms with E-state index in [-0.39, 0.29) is 16.6 Å². The predicted molar refractivity (Wildman–Crippen MR) is 88.1 cm³/mol. The van der Waals surface area contributed by atoms with Gasteiger partial charge in [-0.1, -0.05) is 36.4 Å². The molecule has 0 fully saturated rings. The van der Waals surface area contributed by atoms with Crippen LogP contribution in [0.15, 0.2) is 53.6 Å². The molecule has 3 rings (SSSR count). The van der Waals surface area contributed by atoms with Crippen LogP contribution >= 0.6 is 0 Å². The molecule has 0 aliphatic rings. The number of rotatable bonds is 4. The summed E-state index contributed by atoms with van der Waals surface area (Å²) in [4.78, 5) is 8.36. The van der Waals surface area contributed by atoms with Crippen molar-refractivity contribution in [1.29, 1.82) is 0 Å². The second-order valence-electron chi connectivity index (χ2n) is 4.95. The average Bonchev–Trinajstić information content (AvgIpc) is 2.55. The zero-order valence-corrected chi connectivity index (χ0v) is 13.5. The van der Waals surface area contributed by atoms with Gasteiger partial charge >= 0.3 is 0 Å². The Kier molecular flexibility index (Phi) is 3.87. The zero-order chi connectivity index (χ0) is 16.4. The first-order valence-corrected chi connectivity index (χ1v) is 8.38. The van der Waals surface area contributed by atoms with Crippen LogP contribution in [0.25, 0.3) is 10.8 Å². The second-order valence-corrected chi connectivity index (χ2v) is 6.60. The number of fused-ring (bicyclic) bond motifs is 1. The van der Waals surface area contributed by atoms with E-state index in [0.29, 0.717) is 11.1 Å². The molecule has 3 aromatic rings. The summed E-state index contributed by atoms with van der Waals surface area (Å²) in [5.74, 6) is 0.194. The highest BCUT2D eigenvalue weighted by molar-refractivity contribution is 7.93. The smallest absolute Gasteiger partial charge is 0.263 e. The van der Waals surface area contributed by atoms with Crippen LogP contribution in [-0.2, 0) is 10.0 Å². The Bertz CT molecular complexity index is 966. The lowest BCUT2D eigenvalue weighted by Gasteiger charge is -2.12. The lowest BCUT2D eigenvalue weighted by Crippen LogP contribution is -2.15. The molecule has 1 N–H and O–H groups in total. The van der Waals surface area contributed by atoms with Crippen molar-refractivity contribution in [3.05, 3.63) is 54.4 Å². The highest BCUT2D eigenvalue weighted by Crippen LogP contribution is 2.26. The summed E-state index contributed by atoms with van der Waals surface area (Å²) in [6.45, 7) is 1.75. The van der Waals surface area contributed by atoms with E-state index in [1.807, 2.05) is 18.2 Å². The van der Waals surface area contributed by atoms with E-state index in [0.717, 1.165) is 5.39 Å². The van der Waals surface area contributed by atoms with Crippen molar-refractivity contribution in [2.45, 2.75) is 11.8 Å². The number of hydrogen-bond donors (Lipinski definition) is 1. The molecule has 1 aromatic heterocycles. The summed E-state index contributed by atoms with van der Waals surface area (Å²) in [7, 11) is -2.40. The van der Waals surface area contributed by atoms with Crippen molar-refractivity contribution in [2.24, 2.45) is 0 Å². The molecule has 0 aliphatic heterocycles. The molecule has 0 amide bonds. The maximum atomic E-state index is 12.7. The number of benzene rings is 2. The van der Waals surface area contributed by atoms with Crippen molar-refractivity contribution < 1.29 is 13.2 Å². The number of anilines is 1. The van der Waals surface area contributed by atoms with E-state index in [2.05, 4.69) is 14.7 Å². The Morgan fingerprint density at radius 1 is 1.09 bits per heavy atom. The molecule has 6 nitrogen and oxygen atoms in total. The third-order valence-corrected chi connectivity index (χ3v) is 4.72. The maximum Gasteiger partial charge on any atom is 0.263 e. The molecular formula is C16H15N3O3S. The van der Waals surface area contributed by atoms with Crippen molar-refractivity contribution in [1.82, 2.24) is 9.97 Å². The quantitative estimate of drug-likeness (QED) is 0.796. The molecule has 1 heterocycles. The Morgan fingerprint density at radius 2 is 1.83 bits per heavy atom. The van der Waals surface area contributed by atoms with E-state index in [9.17, 15) is 8.42 Å². The fourth-order valence-corrected chi connectivity index (χ4v) is 3.52. The number of ether oxygens (including phenoxy) is 1. The highest BCUT2D eigenvalue weighted by atomic mass is 32.2. The van der Waals surface area contributed by atoms with E-state index >= 15 is 0 Å². The molecule has 7 heteroatoms. The van der Waals surface area contributed by atoms with Gasteiger partial charge in [0.1, 0.15) is 0 Å². The first kappa shape index (κ1) is 15.2. The number of methoxy groups -OCH3 is 1. The van der Waals surface area contributed by atoms with E-state index in [1.165, 1.54) is 13.3 Å². The van der Waals surface area contributed by atoms with E-state index in [1.54, 1.807) is 31.2 Å². The fraction of sp³-hybridized carbons (Fsp3) is 0.125. The van der Waals surface area contributed by atoms with Crippen LogP contribution in [0.5, 0.6) is 5.88 Å². The van der Waals surface area contributed by atoms with E-state index in [4.69, 9.17) is 4.74 Å². The minimum atomic E-state index is -3.82. The van der Waals surface area contributed by atoms with Gasteiger partial charge in [0, 0.05) is 5.39 Å². The molecule has 23 heavy (non-hydrogen) atoms. The van der Waals surface area contributed by atoms with Crippen LogP contribution in [0.3, 0.4) is 0 Å². The molecule has 0 saturated carbocycles. The van der Waals surface area contributed by atoms with Gasteiger partial charge in [-0.05, 0) is 18.4 Å². The van der Waals surface area contributed by atoms with Gasteiger partial charge < -0.3 is 4.74 Å². The maximum absolute atomic E-state index is 12.7. The summed E-state index contributed by atoms with van der Waals surface area (Å²) in [5.41, 5.74) is 0.634. The van der Waals surface area contributed by atoms with Crippen LogP contribution in [0.2, 0.25) is 0 Å². The number of nitrogens with one attached hydrogen (secondary N) is 1. The average molecular weight is 329 g/mol. The molecule has 0 bridgehead atoms. The number of sulfonamides is 1. The van der Waals surface area contributed by atoms with Crippen molar-refractivity contribution in [3.63, 3.8) is 0 Å². The lowest BCUT2D eigenvalue weighted by atomic mass is 10.1. The van der Waals surface area contributed by atoms with Crippen molar-refractivity contribution in [2.75, 3.05) is 11.8 Å². The Balaban J connectivity index is 2.08. The predicted octanol–water partition coefficient (Wildman–Crippen LogP) is 2.75. The van der Waals surface area contributed by atoms with Crippen LogP contribution in [0.1, 0.15) is 5.69 Å². The lowest BCUT2D eigenvalue weighted by molar-refractivity contribution is 0.397. The topological polar surface area (TPSA) is 81.2 Å². The summed E-state index contributed by atoms with van der Waals surface area (Å²) >= 11 is 0. The van der Waals surface area contributed by atoms with Crippen molar-refractivity contribution >= 4 is 26.6 Å². The van der Waals surface area contributed by atoms with Crippen molar-refractivity contribution in [3.8, 4) is 5.88 Å². The van der Waals surface area contributed by atoms with Gasteiger partial charge in [0.25, 0.3) is 15.9 Å². The molecule has 0 atom stereocenters. The normalized spacial score (nSPS) is 11.4. The first-order valence-electron chi connectivity index (χ1n) is 6.89. The summed E-state index contributed by atoms with van der Waals surface area (Å²) in [5, 5.41) is 1.49. The van der Waals surface area contributed by atoms with Crippen LogP contribution in [0.4, 0.5) is 5.82 Å². The molecule has 2 aromatic carbocycles. The molecule has 0 spiro atoms. The minimum absolute atomic E-state index is 0.0611. The monoisotopic (exact) mass is 329 g/mol. The Morgan fingerprint density at radius 3 is 2.61 bits per heavy atom. The number of hydrogen-bond acceptors (Lipinski definition) is 5. The van der Waals surface area contributed by atoms with Gasteiger partial charge in [0.2, 0.25) is 5.82 Å². The van der Waals surface area contributed by atoms with Gasteiger partial charge in [-0.3, -0.25) is 4.72 Å². The fourth-order valence-electron chi connectivity index (χ4n) is 2.28. The zero-order valence-electron chi connectivity index (χ0n) is 12.6. The second kappa shape index (κ2) is 5.85. The molecule has 118 valence electrons. The van der Waals surface area contributed by atoms with Crippen LogP contribution in [-0.4, -0.2) is 25.5 Å². The van der Waals surface area contributed by atoms with Gasteiger partial charge in [0.15, 0.2) is 0 Å². The molecule has 0 saturated heterocycles. The molecule has 0 aliphatic carbocycles. The SMILES string of the molecule is COc1nc(C)cnc1NS(=O)(=O)c1cccc2ccccc12. The Labute approximate surface area is 134 Å². The largest absolute Gasteiger partial charge is 0.478 e. The van der Waals surface area contributed by atoms with E-state index < -0.39 is 10.0 Å². The molecule has 0 unspecified atom stereocenters. The van der Waals surface area contributed by atoms with Gasteiger partial charge in [0.05, 0.1) is 23.9 Å². The molecular weight excluding hydrogens is 314 g/mol. The molecule has 0 radical (unpaired) electrons. The number of aryl methyl sites for hydroxylation is 1. The first-order chi connectivity index (χ1) is 11.0. The summed E-state index contributed by atoms with van der Waals surface area (Å²) in [6.07, 6.45) is 1.48. The summed E-state index contributed by atoms with van der Waals surface area (Å²) in [6, 6.07) is 12.4. The standard InChI is InChI=1S/C16H15N3O3S/c1-11-10-17-15(16(18-11)22-2)19-23(20,21)14-9-5-7-12-6-3-4-8-13(12)14/h3-10H,1-2H3,(H,17,19). The van der Waals surface area contributed by atoms with Crippen LogP contribution < -0.4 is 9.46 Å². The van der Waals surface area contributed by atoms with Gasteiger partial charge in [-0.25, -0.2) is 18.4 Å². The third-order valence-electron chi connectivity index (χ3n) is 3.32. The van der Waals surface area contributed by atoms with Gasteiger partial charge in [-0.15, -0.1) is 0 Å².